The van der Waals surface area contributed by atoms with E-state index in [2.05, 4.69) is 11.8 Å². The van der Waals surface area contributed by atoms with Crippen molar-refractivity contribution >= 4 is 0 Å². The van der Waals surface area contributed by atoms with Gasteiger partial charge in [-0.25, -0.2) is 4.39 Å². The van der Waals surface area contributed by atoms with Crippen molar-refractivity contribution < 1.29 is 9.50 Å². The molecule has 0 aliphatic rings. The van der Waals surface area contributed by atoms with Crippen LogP contribution < -0.4 is 0 Å². The van der Waals surface area contributed by atoms with Crippen molar-refractivity contribution in [3.05, 3.63) is 35.6 Å². The highest BCUT2D eigenvalue weighted by Crippen LogP contribution is 2.08. The summed E-state index contributed by atoms with van der Waals surface area (Å²) in [5, 5.41) is 9.10. The first-order chi connectivity index (χ1) is 7.65. The van der Waals surface area contributed by atoms with Crippen LogP contribution in [0, 0.1) is 11.7 Å². The highest BCUT2D eigenvalue weighted by atomic mass is 19.1. The van der Waals surface area contributed by atoms with Crippen molar-refractivity contribution in [1.29, 1.82) is 0 Å². The summed E-state index contributed by atoms with van der Waals surface area (Å²) in [5.41, 5.74) is 1.09. The Morgan fingerprint density at radius 3 is 2.44 bits per heavy atom. The van der Waals surface area contributed by atoms with Crippen molar-refractivity contribution in [3.63, 3.8) is 0 Å². The van der Waals surface area contributed by atoms with Gasteiger partial charge in [-0.05, 0) is 37.1 Å². The molecule has 16 heavy (non-hydrogen) atoms. The second-order valence-electron chi connectivity index (χ2n) is 4.28. The molecule has 0 bridgehead atoms. The lowest BCUT2D eigenvalue weighted by atomic mass is 10.1. The minimum atomic E-state index is -0.201. The Kier molecular flexibility index (Phi) is 5.43. The zero-order valence-corrected chi connectivity index (χ0v) is 9.99. The molecule has 90 valence electrons. The van der Waals surface area contributed by atoms with E-state index >= 15 is 0 Å². The molecule has 0 fully saturated rings. The summed E-state index contributed by atoms with van der Waals surface area (Å²) in [5.74, 6) is 0.124. The number of benzene rings is 1. The third-order valence-corrected chi connectivity index (χ3v) is 2.77. The molecule has 1 rings (SSSR count). The van der Waals surface area contributed by atoms with Crippen molar-refractivity contribution in [2.45, 2.75) is 19.9 Å². The van der Waals surface area contributed by atoms with E-state index in [4.69, 9.17) is 5.11 Å². The molecule has 1 unspecified atom stereocenters. The Hall–Kier alpha value is -0.930. The molecule has 2 nitrogen and oxygen atoms in total. The van der Waals surface area contributed by atoms with Gasteiger partial charge in [0.15, 0.2) is 0 Å². The van der Waals surface area contributed by atoms with Gasteiger partial charge in [0.1, 0.15) is 5.82 Å². The average Bonchev–Trinajstić information content (AvgIpc) is 2.29. The molecular weight excluding hydrogens is 205 g/mol. The standard InChI is InChI=1S/C13H20FNO/c1-3-11(10-16)8-15(2)9-12-4-6-13(14)7-5-12/h4-7,11,16H,3,8-10H2,1-2H3. The van der Waals surface area contributed by atoms with E-state index in [0.717, 1.165) is 25.1 Å². The Morgan fingerprint density at radius 1 is 1.31 bits per heavy atom. The second-order valence-corrected chi connectivity index (χ2v) is 4.28. The van der Waals surface area contributed by atoms with Gasteiger partial charge in [-0.15, -0.1) is 0 Å². The third-order valence-electron chi connectivity index (χ3n) is 2.77. The monoisotopic (exact) mass is 225 g/mol. The number of aliphatic hydroxyl groups excluding tert-OH is 1. The smallest absolute Gasteiger partial charge is 0.123 e. The Labute approximate surface area is 96.7 Å². The molecule has 0 amide bonds. The highest BCUT2D eigenvalue weighted by Gasteiger charge is 2.08. The van der Waals surface area contributed by atoms with E-state index in [-0.39, 0.29) is 12.4 Å². The molecule has 1 aromatic rings. The van der Waals surface area contributed by atoms with Crippen LogP contribution in [0.4, 0.5) is 4.39 Å². The van der Waals surface area contributed by atoms with Gasteiger partial charge in [0.2, 0.25) is 0 Å². The largest absolute Gasteiger partial charge is 0.396 e. The number of nitrogens with zero attached hydrogens (tertiary/aromatic N) is 1. The van der Waals surface area contributed by atoms with E-state index in [1.807, 2.05) is 7.05 Å². The number of hydrogen-bond acceptors (Lipinski definition) is 2. The van der Waals surface area contributed by atoms with Gasteiger partial charge < -0.3 is 10.0 Å². The minimum absolute atomic E-state index is 0.201. The average molecular weight is 225 g/mol. The second kappa shape index (κ2) is 6.61. The Bertz CT molecular complexity index is 295. The summed E-state index contributed by atoms with van der Waals surface area (Å²) in [6.07, 6.45) is 0.976. The van der Waals surface area contributed by atoms with Crippen LogP contribution >= 0.6 is 0 Å². The van der Waals surface area contributed by atoms with Gasteiger partial charge in [-0.1, -0.05) is 19.1 Å². The van der Waals surface area contributed by atoms with Crippen LogP contribution in [0.5, 0.6) is 0 Å². The van der Waals surface area contributed by atoms with Crippen LogP contribution in [-0.4, -0.2) is 30.2 Å². The third kappa shape index (κ3) is 4.29. The molecule has 3 heteroatoms. The maximum Gasteiger partial charge on any atom is 0.123 e. The van der Waals surface area contributed by atoms with Gasteiger partial charge in [0.05, 0.1) is 0 Å². The summed E-state index contributed by atoms with van der Waals surface area (Å²) < 4.78 is 12.7. The maximum atomic E-state index is 12.7. The van der Waals surface area contributed by atoms with Crippen LogP contribution in [0.1, 0.15) is 18.9 Å². The predicted molar refractivity (Wildman–Crippen MR) is 63.6 cm³/mol. The molecule has 1 N–H and O–H groups in total. The Balaban J connectivity index is 2.44. The van der Waals surface area contributed by atoms with Gasteiger partial charge in [0, 0.05) is 19.7 Å². The minimum Gasteiger partial charge on any atom is -0.396 e. The zero-order valence-electron chi connectivity index (χ0n) is 9.99. The molecule has 1 atom stereocenters. The molecule has 0 spiro atoms. The Morgan fingerprint density at radius 2 is 1.94 bits per heavy atom. The molecule has 0 aliphatic heterocycles. The van der Waals surface area contributed by atoms with Gasteiger partial charge >= 0.3 is 0 Å². The maximum absolute atomic E-state index is 12.7. The number of rotatable bonds is 6. The zero-order chi connectivity index (χ0) is 12.0. The van der Waals surface area contributed by atoms with E-state index in [9.17, 15) is 4.39 Å². The summed E-state index contributed by atoms with van der Waals surface area (Å²) in [6.45, 7) is 3.96. The molecular formula is C13H20FNO. The lowest BCUT2D eigenvalue weighted by Crippen LogP contribution is -2.26. The molecule has 1 aromatic carbocycles. The van der Waals surface area contributed by atoms with E-state index < -0.39 is 0 Å². The van der Waals surface area contributed by atoms with Crippen LogP contribution in [0.25, 0.3) is 0 Å². The van der Waals surface area contributed by atoms with Crippen molar-refractivity contribution in [1.82, 2.24) is 4.90 Å². The van der Waals surface area contributed by atoms with E-state index in [1.165, 1.54) is 12.1 Å². The summed E-state index contributed by atoms with van der Waals surface area (Å²) in [6, 6.07) is 6.55. The van der Waals surface area contributed by atoms with Crippen molar-refractivity contribution in [3.8, 4) is 0 Å². The fourth-order valence-corrected chi connectivity index (χ4v) is 1.72. The molecule has 0 aromatic heterocycles. The lowest BCUT2D eigenvalue weighted by Gasteiger charge is -2.21. The first-order valence-corrected chi connectivity index (χ1v) is 5.69. The first-order valence-electron chi connectivity index (χ1n) is 5.69. The molecule has 0 saturated heterocycles. The van der Waals surface area contributed by atoms with E-state index in [1.54, 1.807) is 12.1 Å². The number of aliphatic hydroxyl groups is 1. The van der Waals surface area contributed by atoms with Crippen LogP contribution in [0.3, 0.4) is 0 Å². The summed E-state index contributed by atoms with van der Waals surface area (Å²) in [7, 11) is 2.02. The molecule has 0 saturated carbocycles. The van der Waals surface area contributed by atoms with Crippen LogP contribution in [0.2, 0.25) is 0 Å². The van der Waals surface area contributed by atoms with Crippen molar-refractivity contribution in [2.75, 3.05) is 20.2 Å². The number of hydrogen-bond donors (Lipinski definition) is 1. The molecule has 0 heterocycles. The highest BCUT2D eigenvalue weighted by molar-refractivity contribution is 5.15. The van der Waals surface area contributed by atoms with Gasteiger partial charge in [-0.2, -0.15) is 0 Å². The van der Waals surface area contributed by atoms with Crippen LogP contribution in [-0.2, 0) is 6.54 Å². The topological polar surface area (TPSA) is 23.5 Å². The SMILES string of the molecule is CCC(CO)CN(C)Cc1ccc(F)cc1. The van der Waals surface area contributed by atoms with Crippen LogP contribution in [0.15, 0.2) is 24.3 Å². The van der Waals surface area contributed by atoms with Gasteiger partial charge in [0.25, 0.3) is 0 Å². The molecule has 0 aliphatic carbocycles. The summed E-state index contributed by atoms with van der Waals surface area (Å²) >= 11 is 0. The fraction of sp³-hybridized carbons (Fsp3) is 0.538. The lowest BCUT2D eigenvalue weighted by molar-refractivity contribution is 0.173. The predicted octanol–water partition coefficient (Wildman–Crippen LogP) is 2.28. The summed E-state index contributed by atoms with van der Waals surface area (Å²) in [4.78, 5) is 2.15. The van der Waals surface area contributed by atoms with Gasteiger partial charge in [-0.3, -0.25) is 0 Å². The number of halogens is 1. The fourth-order valence-electron chi connectivity index (χ4n) is 1.72. The normalized spacial score (nSPS) is 13.1. The van der Waals surface area contributed by atoms with Crippen molar-refractivity contribution in [2.24, 2.45) is 5.92 Å². The quantitative estimate of drug-likeness (QED) is 0.803. The van der Waals surface area contributed by atoms with E-state index in [0.29, 0.717) is 5.92 Å². The first kappa shape index (κ1) is 13.1. The molecule has 0 radical (unpaired) electrons.